The van der Waals surface area contributed by atoms with Gasteiger partial charge in [0.25, 0.3) is 0 Å². The van der Waals surface area contributed by atoms with Gasteiger partial charge in [-0.1, -0.05) is 31.1 Å². The number of aryl methyl sites for hydroxylation is 1. The summed E-state index contributed by atoms with van der Waals surface area (Å²) in [5, 5.41) is 7.34. The van der Waals surface area contributed by atoms with Crippen LogP contribution < -0.4 is 10.1 Å². The molecule has 0 bridgehead atoms. The van der Waals surface area contributed by atoms with Crippen LogP contribution in [0.2, 0.25) is 0 Å². The van der Waals surface area contributed by atoms with Gasteiger partial charge >= 0.3 is 0 Å². The van der Waals surface area contributed by atoms with Crippen molar-refractivity contribution in [3.8, 4) is 5.75 Å². The van der Waals surface area contributed by atoms with E-state index in [2.05, 4.69) is 41.4 Å². The Bertz CT molecular complexity index is 537. The quantitative estimate of drug-likeness (QED) is 0.807. The molecule has 0 aliphatic heterocycles. The molecule has 0 saturated heterocycles. The highest BCUT2D eigenvalue weighted by atomic mass is 16.5. The first kappa shape index (κ1) is 15.5. The Morgan fingerprint density at radius 3 is 2.57 bits per heavy atom. The number of benzene rings is 1. The molecular formula is C16H23N3O2. The summed E-state index contributed by atoms with van der Waals surface area (Å²) in [4.78, 5) is 4.11. The Morgan fingerprint density at radius 2 is 2.00 bits per heavy atom. The lowest BCUT2D eigenvalue weighted by atomic mass is 10.0. The Kier molecular flexibility index (Phi) is 5.75. The fourth-order valence-corrected chi connectivity index (χ4v) is 2.16. The molecule has 1 aromatic heterocycles. The molecule has 2 rings (SSSR count). The molecule has 0 saturated carbocycles. The molecule has 5 heteroatoms. The topological polar surface area (TPSA) is 60.2 Å². The average molecular weight is 289 g/mol. The minimum atomic E-state index is 0.321. The molecule has 1 heterocycles. The maximum absolute atomic E-state index is 5.65. The lowest BCUT2D eigenvalue weighted by Crippen LogP contribution is -2.21. The van der Waals surface area contributed by atoms with Crippen LogP contribution in [0.4, 0.5) is 0 Å². The zero-order chi connectivity index (χ0) is 15.1. The van der Waals surface area contributed by atoms with Gasteiger partial charge in [0.2, 0.25) is 11.7 Å². The molecule has 114 valence electrons. The van der Waals surface area contributed by atoms with Crippen molar-refractivity contribution in [2.24, 2.45) is 0 Å². The van der Waals surface area contributed by atoms with E-state index < -0.39 is 0 Å². The van der Waals surface area contributed by atoms with Crippen LogP contribution in [0.3, 0.4) is 0 Å². The first-order chi connectivity index (χ1) is 10.2. The zero-order valence-electron chi connectivity index (χ0n) is 12.9. The van der Waals surface area contributed by atoms with Crippen molar-refractivity contribution in [2.75, 3.05) is 6.54 Å². The number of rotatable bonds is 8. The van der Waals surface area contributed by atoms with Gasteiger partial charge in [-0.3, -0.25) is 0 Å². The minimum Gasteiger partial charge on any atom is -0.485 e. The van der Waals surface area contributed by atoms with Gasteiger partial charge in [-0.2, -0.15) is 4.98 Å². The standard InChI is InChI=1S/C16H23N3O2/c1-4-10-17-15(5-2)13-6-8-14(9-7-13)20-11-16-18-12(3)21-19-16/h6-9,15,17H,4-5,10-11H2,1-3H3. The van der Waals surface area contributed by atoms with E-state index in [1.807, 2.05) is 12.1 Å². The third kappa shape index (κ3) is 4.56. The van der Waals surface area contributed by atoms with Gasteiger partial charge in [-0.05, 0) is 37.1 Å². The zero-order valence-corrected chi connectivity index (χ0v) is 12.9. The van der Waals surface area contributed by atoms with Gasteiger partial charge in [0.05, 0.1) is 0 Å². The Hall–Kier alpha value is -1.88. The molecule has 1 N–H and O–H groups in total. The van der Waals surface area contributed by atoms with E-state index in [9.17, 15) is 0 Å². The molecule has 0 fully saturated rings. The van der Waals surface area contributed by atoms with Crippen LogP contribution in [-0.4, -0.2) is 16.7 Å². The molecule has 21 heavy (non-hydrogen) atoms. The van der Waals surface area contributed by atoms with E-state index in [1.165, 1.54) is 5.56 Å². The third-order valence-electron chi connectivity index (χ3n) is 3.27. The molecule has 2 aromatic rings. The molecule has 0 aliphatic carbocycles. The van der Waals surface area contributed by atoms with Crippen LogP contribution in [0.5, 0.6) is 5.75 Å². The lowest BCUT2D eigenvalue weighted by Gasteiger charge is -2.17. The molecule has 1 aromatic carbocycles. The van der Waals surface area contributed by atoms with E-state index in [4.69, 9.17) is 9.26 Å². The number of hydrogen-bond donors (Lipinski definition) is 1. The van der Waals surface area contributed by atoms with E-state index >= 15 is 0 Å². The molecule has 0 radical (unpaired) electrons. The number of aromatic nitrogens is 2. The highest BCUT2D eigenvalue weighted by molar-refractivity contribution is 5.29. The molecule has 5 nitrogen and oxygen atoms in total. The van der Waals surface area contributed by atoms with E-state index in [1.54, 1.807) is 6.92 Å². The van der Waals surface area contributed by atoms with Gasteiger partial charge < -0.3 is 14.6 Å². The van der Waals surface area contributed by atoms with Gasteiger partial charge in [-0.15, -0.1) is 0 Å². The van der Waals surface area contributed by atoms with Crippen molar-refractivity contribution in [3.63, 3.8) is 0 Å². The van der Waals surface area contributed by atoms with Crippen molar-refractivity contribution in [1.82, 2.24) is 15.5 Å². The second-order valence-corrected chi connectivity index (χ2v) is 5.00. The molecule has 1 unspecified atom stereocenters. The second kappa shape index (κ2) is 7.78. The van der Waals surface area contributed by atoms with Crippen molar-refractivity contribution in [1.29, 1.82) is 0 Å². The molecule has 0 aliphatic rings. The number of nitrogens with one attached hydrogen (secondary N) is 1. The number of ether oxygens (including phenoxy) is 1. The van der Waals surface area contributed by atoms with Gasteiger partial charge in [-0.25, -0.2) is 0 Å². The maximum Gasteiger partial charge on any atom is 0.223 e. The smallest absolute Gasteiger partial charge is 0.223 e. The minimum absolute atomic E-state index is 0.321. The largest absolute Gasteiger partial charge is 0.485 e. The van der Waals surface area contributed by atoms with E-state index in [0.717, 1.165) is 25.1 Å². The molecule has 1 atom stereocenters. The highest BCUT2D eigenvalue weighted by Crippen LogP contribution is 2.20. The summed E-state index contributed by atoms with van der Waals surface area (Å²) in [6.07, 6.45) is 2.21. The summed E-state index contributed by atoms with van der Waals surface area (Å²) < 4.78 is 10.6. The summed E-state index contributed by atoms with van der Waals surface area (Å²) in [6, 6.07) is 8.58. The van der Waals surface area contributed by atoms with Crippen LogP contribution >= 0.6 is 0 Å². The Labute approximate surface area is 125 Å². The lowest BCUT2D eigenvalue weighted by molar-refractivity contribution is 0.285. The first-order valence-corrected chi connectivity index (χ1v) is 7.48. The van der Waals surface area contributed by atoms with Crippen LogP contribution in [0.1, 0.15) is 50.0 Å². The van der Waals surface area contributed by atoms with E-state index in [-0.39, 0.29) is 0 Å². The Balaban J connectivity index is 1.91. The summed E-state index contributed by atoms with van der Waals surface area (Å²) in [7, 11) is 0. The normalized spacial score (nSPS) is 12.3. The highest BCUT2D eigenvalue weighted by Gasteiger charge is 2.08. The first-order valence-electron chi connectivity index (χ1n) is 7.48. The van der Waals surface area contributed by atoms with Crippen LogP contribution in [0.15, 0.2) is 28.8 Å². The number of hydrogen-bond acceptors (Lipinski definition) is 5. The van der Waals surface area contributed by atoms with Crippen molar-refractivity contribution in [3.05, 3.63) is 41.5 Å². The molecular weight excluding hydrogens is 266 g/mol. The fraction of sp³-hybridized carbons (Fsp3) is 0.500. The summed E-state index contributed by atoms with van der Waals surface area (Å²) in [5.74, 6) is 1.93. The summed E-state index contributed by atoms with van der Waals surface area (Å²) in [5.41, 5.74) is 1.29. The van der Waals surface area contributed by atoms with Gasteiger partial charge in [0, 0.05) is 13.0 Å². The van der Waals surface area contributed by atoms with Crippen molar-refractivity contribution < 1.29 is 9.26 Å². The fourth-order valence-electron chi connectivity index (χ4n) is 2.16. The predicted octanol–water partition coefficient (Wildman–Crippen LogP) is 3.41. The van der Waals surface area contributed by atoms with Gasteiger partial charge in [0.15, 0.2) is 6.61 Å². The SMILES string of the molecule is CCCNC(CC)c1ccc(OCc2noc(C)n2)cc1. The van der Waals surface area contributed by atoms with Gasteiger partial charge in [0.1, 0.15) is 5.75 Å². The second-order valence-electron chi connectivity index (χ2n) is 5.00. The van der Waals surface area contributed by atoms with Crippen LogP contribution in [0, 0.1) is 6.92 Å². The molecule has 0 spiro atoms. The monoisotopic (exact) mass is 289 g/mol. The summed E-state index contributed by atoms with van der Waals surface area (Å²) >= 11 is 0. The van der Waals surface area contributed by atoms with E-state index in [0.29, 0.717) is 24.4 Å². The Morgan fingerprint density at radius 1 is 1.24 bits per heavy atom. The maximum atomic E-state index is 5.65. The predicted molar refractivity (Wildman–Crippen MR) is 81.1 cm³/mol. The number of nitrogens with zero attached hydrogens (tertiary/aromatic N) is 2. The van der Waals surface area contributed by atoms with Crippen molar-refractivity contribution >= 4 is 0 Å². The van der Waals surface area contributed by atoms with Crippen LogP contribution in [0.25, 0.3) is 0 Å². The van der Waals surface area contributed by atoms with Crippen LogP contribution in [-0.2, 0) is 6.61 Å². The summed E-state index contributed by atoms with van der Waals surface area (Å²) in [6.45, 7) is 7.49. The molecule has 0 amide bonds. The average Bonchev–Trinajstić information content (AvgIpc) is 2.93. The third-order valence-corrected chi connectivity index (χ3v) is 3.27. The van der Waals surface area contributed by atoms with Crippen molar-refractivity contribution in [2.45, 2.75) is 46.3 Å².